The molecule has 78 valence electrons. The molecule has 0 unspecified atom stereocenters. The van der Waals surface area contributed by atoms with Crippen LogP contribution in [-0.2, 0) is 6.18 Å². The van der Waals surface area contributed by atoms with Crippen molar-refractivity contribution < 1.29 is 17.6 Å². The first kappa shape index (κ1) is 11.8. The molecule has 1 nitrogen and oxygen atoms in total. The Labute approximate surface area is 93.5 Å². The van der Waals surface area contributed by atoms with Gasteiger partial charge in [0, 0.05) is 4.47 Å². The Kier molecular flexibility index (Phi) is 3.10. The molecule has 0 aliphatic heterocycles. The smallest absolute Gasteiger partial charge is 0.395 e. The Morgan fingerprint density at radius 3 is 2.14 bits per heavy atom. The van der Waals surface area contributed by atoms with E-state index < -0.39 is 27.7 Å². The highest BCUT2D eigenvalue weighted by atomic mass is 79.9. The van der Waals surface area contributed by atoms with Crippen LogP contribution in [0, 0.1) is 5.82 Å². The van der Waals surface area contributed by atoms with Gasteiger partial charge in [0.1, 0.15) is 5.82 Å². The maximum Gasteiger partial charge on any atom is 0.418 e. The van der Waals surface area contributed by atoms with Crippen molar-refractivity contribution in [1.82, 2.24) is 0 Å². The van der Waals surface area contributed by atoms with Crippen molar-refractivity contribution in [2.24, 2.45) is 0 Å². The van der Waals surface area contributed by atoms with E-state index in [9.17, 15) is 17.6 Å². The molecule has 0 aromatic heterocycles. The van der Waals surface area contributed by atoms with Gasteiger partial charge in [0.2, 0.25) is 0 Å². The topological polar surface area (TPSA) is 26.0 Å². The number of hydrogen-bond donors (Lipinski definition) is 1. The van der Waals surface area contributed by atoms with Crippen LogP contribution in [0.4, 0.5) is 23.2 Å². The van der Waals surface area contributed by atoms with Crippen molar-refractivity contribution >= 4 is 37.5 Å². The lowest BCUT2D eigenvalue weighted by Gasteiger charge is -2.13. The molecule has 0 aliphatic rings. The number of nitrogens with two attached hydrogens (primary N) is 1. The second-order valence-electron chi connectivity index (χ2n) is 2.44. The summed E-state index contributed by atoms with van der Waals surface area (Å²) in [6.45, 7) is 0. The van der Waals surface area contributed by atoms with E-state index in [0.29, 0.717) is 6.07 Å². The molecular weight excluding hydrogens is 334 g/mol. The molecule has 0 heterocycles. The van der Waals surface area contributed by atoms with E-state index in [1.807, 2.05) is 0 Å². The van der Waals surface area contributed by atoms with Crippen molar-refractivity contribution in [3.63, 3.8) is 0 Å². The molecular formula is C7H3Br2F4N. The van der Waals surface area contributed by atoms with E-state index in [-0.39, 0.29) is 4.47 Å². The lowest BCUT2D eigenvalue weighted by Crippen LogP contribution is -2.09. The van der Waals surface area contributed by atoms with Crippen LogP contribution in [0.3, 0.4) is 0 Å². The summed E-state index contributed by atoms with van der Waals surface area (Å²) >= 11 is 5.22. The second-order valence-corrected chi connectivity index (χ2v) is 4.09. The quantitative estimate of drug-likeness (QED) is 0.563. The molecule has 14 heavy (non-hydrogen) atoms. The number of benzene rings is 1. The van der Waals surface area contributed by atoms with E-state index in [2.05, 4.69) is 31.9 Å². The third-order valence-electron chi connectivity index (χ3n) is 1.49. The SMILES string of the molecule is Nc1c(F)cc(Br)c(C(F)(F)F)c1Br. The van der Waals surface area contributed by atoms with Gasteiger partial charge in [0.05, 0.1) is 15.7 Å². The third-order valence-corrected chi connectivity index (χ3v) is 2.94. The third kappa shape index (κ3) is 2.03. The number of anilines is 1. The second kappa shape index (κ2) is 3.69. The Balaban J connectivity index is 3.53. The molecule has 1 aromatic carbocycles. The molecule has 1 rings (SSSR count). The molecule has 0 fully saturated rings. The van der Waals surface area contributed by atoms with E-state index in [1.54, 1.807) is 0 Å². The van der Waals surface area contributed by atoms with Crippen molar-refractivity contribution in [1.29, 1.82) is 0 Å². The maximum absolute atomic E-state index is 12.9. The lowest BCUT2D eigenvalue weighted by atomic mass is 10.2. The van der Waals surface area contributed by atoms with Gasteiger partial charge in [0.25, 0.3) is 0 Å². The summed E-state index contributed by atoms with van der Waals surface area (Å²) in [4.78, 5) is 0. The van der Waals surface area contributed by atoms with Gasteiger partial charge in [-0.2, -0.15) is 13.2 Å². The molecule has 1 aromatic rings. The van der Waals surface area contributed by atoms with Crippen molar-refractivity contribution in [3.8, 4) is 0 Å². The monoisotopic (exact) mass is 335 g/mol. The zero-order chi connectivity index (χ0) is 11.1. The zero-order valence-corrected chi connectivity index (χ0v) is 9.59. The fraction of sp³-hybridized carbons (Fsp3) is 0.143. The van der Waals surface area contributed by atoms with E-state index in [1.165, 1.54) is 0 Å². The summed E-state index contributed by atoms with van der Waals surface area (Å²) in [6.07, 6.45) is -4.58. The van der Waals surface area contributed by atoms with Gasteiger partial charge < -0.3 is 5.73 Å². The highest BCUT2D eigenvalue weighted by Crippen LogP contribution is 2.43. The van der Waals surface area contributed by atoms with Crippen LogP contribution in [0.5, 0.6) is 0 Å². The van der Waals surface area contributed by atoms with Gasteiger partial charge in [-0.15, -0.1) is 0 Å². The first-order valence-corrected chi connectivity index (χ1v) is 4.84. The van der Waals surface area contributed by atoms with Gasteiger partial charge in [-0.3, -0.25) is 0 Å². The fourth-order valence-electron chi connectivity index (χ4n) is 0.865. The van der Waals surface area contributed by atoms with Crippen molar-refractivity contribution in [3.05, 3.63) is 26.4 Å². The first-order chi connectivity index (χ1) is 6.25. The summed E-state index contributed by atoms with van der Waals surface area (Å²) in [5.74, 6) is -0.906. The number of nitrogen functional groups attached to an aromatic ring is 1. The predicted octanol–water partition coefficient (Wildman–Crippen LogP) is 3.95. The van der Waals surface area contributed by atoms with Gasteiger partial charge in [-0.1, -0.05) is 15.9 Å². The molecule has 2 N–H and O–H groups in total. The fourth-order valence-corrected chi connectivity index (χ4v) is 2.38. The van der Waals surface area contributed by atoms with Crippen molar-refractivity contribution in [2.75, 3.05) is 5.73 Å². The number of rotatable bonds is 0. The number of alkyl halides is 3. The molecule has 0 atom stereocenters. The highest BCUT2D eigenvalue weighted by Gasteiger charge is 2.37. The standard InChI is InChI=1S/C7H3Br2F4N/c8-2-1-3(10)6(14)5(9)4(2)7(11,12)13/h1H,14H2. The van der Waals surface area contributed by atoms with Crippen LogP contribution in [0.2, 0.25) is 0 Å². The maximum atomic E-state index is 12.9. The number of halogens is 6. The van der Waals surface area contributed by atoms with E-state index >= 15 is 0 Å². The Morgan fingerprint density at radius 1 is 1.21 bits per heavy atom. The minimum Gasteiger partial charge on any atom is -0.395 e. The van der Waals surface area contributed by atoms with Crippen LogP contribution in [0.1, 0.15) is 5.56 Å². The molecule has 0 amide bonds. The van der Waals surface area contributed by atoms with Crippen LogP contribution in [0.15, 0.2) is 15.0 Å². The van der Waals surface area contributed by atoms with Crippen LogP contribution < -0.4 is 5.73 Å². The van der Waals surface area contributed by atoms with Gasteiger partial charge in [-0.25, -0.2) is 4.39 Å². The minimum atomic E-state index is -4.58. The Morgan fingerprint density at radius 2 is 1.71 bits per heavy atom. The minimum absolute atomic E-state index is 0.386. The summed E-state index contributed by atoms with van der Waals surface area (Å²) in [6, 6.07) is 0.683. The summed E-state index contributed by atoms with van der Waals surface area (Å²) in [7, 11) is 0. The van der Waals surface area contributed by atoms with E-state index in [4.69, 9.17) is 5.73 Å². The normalized spacial score (nSPS) is 11.9. The van der Waals surface area contributed by atoms with Crippen LogP contribution in [-0.4, -0.2) is 0 Å². The summed E-state index contributed by atoms with van der Waals surface area (Å²) in [5, 5.41) is 0. The molecule has 0 saturated carbocycles. The van der Waals surface area contributed by atoms with Gasteiger partial charge in [0.15, 0.2) is 0 Å². The zero-order valence-electron chi connectivity index (χ0n) is 6.42. The molecule has 0 saturated heterocycles. The average Bonchev–Trinajstić information content (AvgIpc) is 1.97. The molecule has 0 aliphatic carbocycles. The largest absolute Gasteiger partial charge is 0.418 e. The summed E-state index contributed by atoms with van der Waals surface area (Å²) < 4.78 is 49.1. The molecule has 7 heteroatoms. The van der Waals surface area contributed by atoms with Crippen LogP contribution >= 0.6 is 31.9 Å². The van der Waals surface area contributed by atoms with Gasteiger partial charge in [-0.05, 0) is 22.0 Å². The Hall–Kier alpha value is -0.300. The molecule has 0 spiro atoms. The molecule has 0 bridgehead atoms. The molecule has 0 radical (unpaired) electrons. The van der Waals surface area contributed by atoms with E-state index in [0.717, 1.165) is 0 Å². The summed E-state index contributed by atoms with van der Waals surface area (Å²) in [5.41, 5.74) is 3.53. The lowest BCUT2D eigenvalue weighted by molar-refractivity contribution is -0.138. The number of hydrogen-bond acceptors (Lipinski definition) is 1. The highest BCUT2D eigenvalue weighted by molar-refractivity contribution is 9.11. The first-order valence-electron chi connectivity index (χ1n) is 3.25. The van der Waals surface area contributed by atoms with Gasteiger partial charge >= 0.3 is 6.18 Å². The average molecular weight is 337 g/mol. The van der Waals surface area contributed by atoms with Crippen LogP contribution in [0.25, 0.3) is 0 Å². The Bertz CT molecular complexity index is 375. The van der Waals surface area contributed by atoms with Crippen molar-refractivity contribution in [2.45, 2.75) is 6.18 Å². The predicted molar refractivity (Wildman–Crippen MR) is 51.2 cm³/mol.